The molecule has 1 aromatic heterocycles. The summed E-state index contributed by atoms with van der Waals surface area (Å²) in [6.45, 7) is 4.18. The fourth-order valence-electron chi connectivity index (χ4n) is 2.57. The number of rotatable bonds is 7. The SMILES string of the molecule is CCC(CC)C(O)CNC(=O)c1ccc(=O)n(-c2ccccc2)n1. The Hall–Kier alpha value is -2.47. The maximum Gasteiger partial charge on any atom is 0.271 e. The molecule has 2 aromatic rings. The summed E-state index contributed by atoms with van der Waals surface area (Å²) in [7, 11) is 0. The second-order valence-electron chi connectivity index (χ2n) is 5.66. The lowest BCUT2D eigenvalue weighted by molar-refractivity contribution is 0.0811. The van der Waals surface area contributed by atoms with Crippen LogP contribution in [0.1, 0.15) is 37.2 Å². The van der Waals surface area contributed by atoms with Gasteiger partial charge in [-0.2, -0.15) is 9.78 Å². The monoisotopic (exact) mass is 329 g/mol. The van der Waals surface area contributed by atoms with Gasteiger partial charge < -0.3 is 10.4 Å². The molecule has 2 N–H and O–H groups in total. The fourth-order valence-corrected chi connectivity index (χ4v) is 2.57. The van der Waals surface area contributed by atoms with E-state index >= 15 is 0 Å². The van der Waals surface area contributed by atoms with E-state index in [9.17, 15) is 14.7 Å². The van der Waals surface area contributed by atoms with Crippen LogP contribution in [-0.2, 0) is 0 Å². The molecule has 24 heavy (non-hydrogen) atoms. The Morgan fingerprint density at radius 2 is 1.83 bits per heavy atom. The summed E-state index contributed by atoms with van der Waals surface area (Å²) in [6.07, 6.45) is 1.11. The van der Waals surface area contributed by atoms with E-state index in [0.29, 0.717) is 5.69 Å². The number of hydrogen-bond acceptors (Lipinski definition) is 4. The van der Waals surface area contributed by atoms with Gasteiger partial charge >= 0.3 is 0 Å². The highest BCUT2D eigenvalue weighted by Gasteiger charge is 2.17. The molecular weight excluding hydrogens is 306 g/mol. The van der Waals surface area contributed by atoms with E-state index in [1.54, 1.807) is 24.3 Å². The van der Waals surface area contributed by atoms with Crippen LogP contribution in [0.2, 0.25) is 0 Å². The minimum Gasteiger partial charge on any atom is -0.391 e. The lowest BCUT2D eigenvalue weighted by Crippen LogP contribution is -2.37. The maximum atomic E-state index is 12.2. The van der Waals surface area contributed by atoms with Crippen molar-refractivity contribution < 1.29 is 9.90 Å². The summed E-state index contributed by atoms with van der Waals surface area (Å²) in [5, 5.41) is 16.9. The van der Waals surface area contributed by atoms with Crippen LogP contribution in [0.4, 0.5) is 0 Å². The quantitative estimate of drug-likeness (QED) is 0.811. The summed E-state index contributed by atoms with van der Waals surface area (Å²) < 4.78 is 1.19. The molecule has 1 heterocycles. The smallest absolute Gasteiger partial charge is 0.271 e. The standard InChI is InChI=1S/C18H23N3O3/c1-3-13(4-2)16(22)12-19-18(24)15-10-11-17(23)21(20-15)14-8-6-5-7-9-14/h5-11,13,16,22H,3-4,12H2,1-2H3,(H,19,24). The number of hydrogen-bond donors (Lipinski definition) is 2. The van der Waals surface area contributed by atoms with Crippen LogP contribution in [-0.4, -0.2) is 33.4 Å². The molecule has 1 unspecified atom stereocenters. The van der Waals surface area contributed by atoms with Crippen molar-refractivity contribution in [2.45, 2.75) is 32.8 Å². The molecule has 0 aliphatic carbocycles. The predicted octanol–water partition coefficient (Wildman–Crippen LogP) is 1.76. The number of aromatic nitrogens is 2. The van der Waals surface area contributed by atoms with Gasteiger partial charge in [0.25, 0.3) is 11.5 Å². The number of nitrogens with zero attached hydrogens (tertiary/aromatic N) is 2. The molecule has 0 fully saturated rings. The average Bonchev–Trinajstić information content (AvgIpc) is 2.62. The highest BCUT2D eigenvalue weighted by molar-refractivity contribution is 5.92. The van der Waals surface area contributed by atoms with Crippen molar-refractivity contribution >= 4 is 5.91 Å². The molecule has 0 bridgehead atoms. The van der Waals surface area contributed by atoms with Crippen molar-refractivity contribution in [3.05, 3.63) is 58.5 Å². The Bertz CT molecular complexity index is 724. The van der Waals surface area contributed by atoms with Crippen molar-refractivity contribution in [1.82, 2.24) is 15.1 Å². The molecule has 1 atom stereocenters. The topological polar surface area (TPSA) is 84.2 Å². The highest BCUT2D eigenvalue weighted by Crippen LogP contribution is 2.12. The second-order valence-corrected chi connectivity index (χ2v) is 5.66. The van der Waals surface area contributed by atoms with Gasteiger partial charge in [-0.1, -0.05) is 44.9 Å². The van der Waals surface area contributed by atoms with Crippen molar-refractivity contribution in [3.63, 3.8) is 0 Å². The van der Waals surface area contributed by atoms with E-state index in [2.05, 4.69) is 10.4 Å². The largest absolute Gasteiger partial charge is 0.391 e. The van der Waals surface area contributed by atoms with Gasteiger partial charge in [0.1, 0.15) is 5.69 Å². The minimum absolute atomic E-state index is 0.134. The lowest BCUT2D eigenvalue weighted by Gasteiger charge is -2.20. The number of carbonyl (C=O) groups excluding carboxylic acids is 1. The van der Waals surface area contributed by atoms with Crippen LogP contribution in [0, 0.1) is 5.92 Å². The lowest BCUT2D eigenvalue weighted by atomic mass is 9.96. The van der Waals surface area contributed by atoms with Crippen molar-refractivity contribution in [2.75, 3.05) is 6.54 Å². The first-order chi connectivity index (χ1) is 11.6. The Labute approximate surface area is 141 Å². The van der Waals surface area contributed by atoms with Crippen LogP contribution in [0.25, 0.3) is 5.69 Å². The Balaban J connectivity index is 2.12. The van der Waals surface area contributed by atoms with E-state index in [-0.39, 0.29) is 23.7 Å². The third-order valence-electron chi connectivity index (χ3n) is 4.10. The van der Waals surface area contributed by atoms with Gasteiger partial charge in [-0.3, -0.25) is 9.59 Å². The van der Waals surface area contributed by atoms with Gasteiger partial charge in [-0.25, -0.2) is 0 Å². The molecule has 0 saturated heterocycles. The molecule has 6 nitrogen and oxygen atoms in total. The fraction of sp³-hybridized carbons (Fsp3) is 0.389. The highest BCUT2D eigenvalue weighted by atomic mass is 16.3. The molecule has 128 valence electrons. The summed E-state index contributed by atoms with van der Waals surface area (Å²) in [4.78, 5) is 24.2. The van der Waals surface area contributed by atoms with Crippen LogP contribution in [0.15, 0.2) is 47.3 Å². The molecule has 2 rings (SSSR count). The maximum absolute atomic E-state index is 12.2. The molecule has 0 radical (unpaired) electrons. The normalized spacial score (nSPS) is 12.2. The van der Waals surface area contributed by atoms with Gasteiger partial charge in [0.2, 0.25) is 0 Å². The number of para-hydroxylation sites is 1. The molecule has 0 aliphatic rings. The van der Waals surface area contributed by atoms with E-state index in [0.717, 1.165) is 12.8 Å². The molecular formula is C18H23N3O3. The zero-order valence-electron chi connectivity index (χ0n) is 14.0. The van der Waals surface area contributed by atoms with E-state index in [1.807, 2.05) is 19.9 Å². The molecule has 6 heteroatoms. The zero-order chi connectivity index (χ0) is 17.5. The van der Waals surface area contributed by atoms with E-state index in [1.165, 1.54) is 16.8 Å². The first-order valence-electron chi connectivity index (χ1n) is 8.18. The molecule has 0 spiro atoms. The zero-order valence-corrected chi connectivity index (χ0v) is 14.0. The predicted molar refractivity (Wildman–Crippen MR) is 92.2 cm³/mol. The second kappa shape index (κ2) is 8.40. The average molecular weight is 329 g/mol. The van der Waals surface area contributed by atoms with Crippen LogP contribution < -0.4 is 10.9 Å². The summed E-state index contributed by atoms with van der Waals surface area (Å²) in [6, 6.07) is 11.6. The third-order valence-corrected chi connectivity index (χ3v) is 4.10. The Kier molecular flexibility index (Phi) is 6.26. The van der Waals surface area contributed by atoms with E-state index < -0.39 is 12.0 Å². The molecule has 0 saturated carbocycles. The van der Waals surface area contributed by atoms with Crippen molar-refractivity contribution in [2.24, 2.45) is 5.92 Å². The summed E-state index contributed by atoms with van der Waals surface area (Å²) >= 11 is 0. The van der Waals surface area contributed by atoms with Gasteiger partial charge in [-0.15, -0.1) is 0 Å². The summed E-state index contributed by atoms with van der Waals surface area (Å²) in [5.74, 6) is -0.263. The van der Waals surface area contributed by atoms with Crippen LogP contribution in [0.3, 0.4) is 0 Å². The molecule has 1 amide bonds. The number of aliphatic hydroxyl groups excluding tert-OH is 1. The van der Waals surface area contributed by atoms with E-state index in [4.69, 9.17) is 0 Å². The van der Waals surface area contributed by atoms with Crippen molar-refractivity contribution in [3.8, 4) is 5.69 Å². The van der Waals surface area contributed by atoms with Crippen LogP contribution >= 0.6 is 0 Å². The minimum atomic E-state index is -0.594. The van der Waals surface area contributed by atoms with Crippen LogP contribution in [0.5, 0.6) is 0 Å². The number of carbonyl (C=O) groups is 1. The molecule has 1 aromatic carbocycles. The Morgan fingerprint density at radius 1 is 1.17 bits per heavy atom. The molecule has 0 aliphatic heterocycles. The first-order valence-corrected chi connectivity index (χ1v) is 8.18. The van der Waals surface area contributed by atoms with Gasteiger partial charge in [0.15, 0.2) is 0 Å². The van der Waals surface area contributed by atoms with Gasteiger partial charge in [0, 0.05) is 12.6 Å². The third kappa shape index (κ3) is 4.29. The summed E-state index contributed by atoms with van der Waals surface area (Å²) in [5.41, 5.74) is 0.416. The number of nitrogens with one attached hydrogen (secondary N) is 1. The van der Waals surface area contributed by atoms with Gasteiger partial charge in [0.05, 0.1) is 11.8 Å². The number of benzene rings is 1. The Morgan fingerprint density at radius 3 is 2.46 bits per heavy atom. The number of amides is 1. The first kappa shape index (κ1) is 17.9. The van der Waals surface area contributed by atoms with Crippen molar-refractivity contribution in [1.29, 1.82) is 0 Å². The number of aliphatic hydroxyl groups is 1. The van der Waals surface area contributed by atoms with Gasteiger partial charge in [-0.05, 0) is 24.1 Å².